The summed E-state index contributed by atoms with van der Waals surface area (Å²) in [7, 11) is 0. The molecule has 1 fully saturated rings. The zero-order valence-electron chi connectivity index (χ0n) is 11.4. The quantitative estimate of drug-likeness (QED) is 0.827. The number of nitrogens with one attached hydrogen (secondary N) is 1. The zero-order chi connectivity index (χ0) is 13.7. The summed E-state index contributed by atoms with van der Waals surface area (Å²) < 4.78 is 0. The number of carbonyl (C=O) groups excluding carboxylic acids is 1. The predicted octanol–water partition coefficient (Wildman–Crippen LogP) is 0.904. The van der Waals surface area contributed by atoms with E-state index in [0.717, 1.165) is 31.7 Å². The monoisotopic (exact) mass is 262 g/mol. The van der Waals surface area contributed by atoms with E-state index in [1.165, 1.54) is 0 Å². The number of pyridine rings is 1. The molecule has 5 heteroatoms. The highest BCUT2D eigenvalue weighted by atomic mass is 16.1. The van der Waals surface area contributed by atoms with Crippen molar-refractivity contribution in [3.05, 3.63) is 24.4 Å². The van der Waals surface area contributed by atoms with Crippen LogP contribution in [0.15, 0.2) is 24.4 Å². The third kappa shape index (κ3) is 4.21. The maximum atomic E-state index is 10.9. The number of piperidine rings is 1. The Morgan fingerprint density at radius 2 is 2.26 bits per heavy atom. The highest BCUT2D eigenvalue weighted by Gasteiger charge is 2.21. The molecular weight excluding hydrogens is 240 g/mol. The lowest BCUT2D eigenvalue weighted by Crippen LogP contribution is -2.46. The Bertz CT molecular complexity index is 401. The van der Waals surface area contributed by atoms with Crippen molar-refractivity contribution in [2.75, 3.05) is 18.0 Å². The number of rotatable bonds is 5. The number of amides is 1. The molecule has 2 rings (SSSR count). The number of hydrogen-bond donors (Lipinski definition) is 2. The van der Waals surface area contributed by atoms with Crippen molar-refractivity contribution < 1.29 is 4.79 Å². The van der Waals surface area contributed by atoms with Gasteiger partial charge in [0, 0.05) is 37.8 Å². The number of nitrogens with two attached hydrogens (primary N) is 1. The first kappa shape index (κ1) is 13.8. The van der Waals surface area contributed by atoms with Gasteiger partial charge in [-0.3, -0.25) is 4.79 Å². The largest absolute Gasteiger partial charge is 0.370 e. The Hall–Kier alpha value is -1.62. The van der Waals surface area contributed by atoms with Gasteiger partial charge in [0.2, 0.25) is 5.91 Å². The third-order valence-electron chi connectivity index (χ3n) is 3.50. The lowest BCUT2D eigenvalue weighted by molar-refractivity contribution is -0.118. The summed E-state index contributed by atoms with van der Waals surface area (Å²) in [6.07, 6.45) is 4.37. The van der Waals surface area contributed by atoms with E-state index in [1.54, 1.807) is 0 Å². The molecule has 1 aliphatic heterocycles. The molecule has 104 valence electrons. The molecule has 0 radical (unpaired) electrons. The van der Waals surface area contributed by atoms with Crippen molar-refractivity contribution in [1.29, 1.82) is 0 Å². The minimum atomic E-state index is -0.245. The summed E-state index contributed by atoms with van der Waals surface area (Å²) in [6, 6.07) is 6.62. The molecule has 1 aliphatic rings. The van der Waals surface area contributed by atoms with E-state index in [-0.39, 0.29) is 11.9 Å². The molecule has 0 saturated carbocycles. The highest BCUT2D eigenvalue weighted by Crippen LogP contribution is 2.17. The lowest BCUT2D eigenvalue weighted by atomic mass is 10.0. The normalized spacial score (nSPS) is 18.3. The van der Waals surface area contributed by atoms with Crippen molar-refractivity contribution in [2.45, 2.75) is 38.3 Å². The summed E-state index contributed by atoms with van der Waals surface area (Å²) in [5.41, 5.74) is 5.20. The summed E-state index contributed by atoms with van der Waals surface area (Å²) in [4.78, 5) is 17.5. The number of primary amides is 1. The van der Waals surface area contributed by atoms with Crippen molar-refractivity contribution >= 4 is 11.7 Å². The average Bonchev–Trinajstić information content (AvgIpc) is 2.39. The molecule has 0 aliphatic carbocycles. The lowest BCUT2D eigenvalue weighted by Gasteiger charge is -2.34. The van der Waals surface area contributed by atoms with Gasteiger partial charge in [-0.05, 0) is 31.9 Å². The van der Waals surface area contributed by atoms with Crippen molar-refractivity contribution in [2.24, 2.45) is 5.73 Å². The van der Waals surface area contributed by atoms with Gasteiger partial charge in [0.25, 0.3) is 0 Å². The maximum Gasteiger partial charge on any atom is 0.218 e. The van der Waals surface area contributed by atoms with Crippen molar-refractivity contribution in [3.63, 3.8) is 0 Å². The summed E-state index contributed by atoms with van der Waals surface area (Å²) in [6.45, 7) is 4.01. The number of carbonyl (C=O) groups is 1. The van der Waals surface area contributed by atoms with Gasteiger partial charge in [-0.15, -0.1) is 0 Å². The van der Waals surface area contributed by atoms with Gasteiger partial charge in [-0.2, -0.15) is 0 Å². The van der Waals surface area contributed by atoms with E-state index in [1.807, 2.05) is 31.3 Å². The average molecular weight is 262 g/mol. The van der Waals surface area contributed by atoms with Crippen LogP contribution in [-0.2, 0) is 4.79 Å². The van der Waals surface area contributed by atoms with Gasteiger partial charge in [-0.25, -0.2) is 4.98 Å². The smallest absolute Gasteiger partial charge is 0.218 e. The number of nitrogens with zero attached hydrogens (tertiary/aromatic N) is 2. The van der Waals surface area contributed by atoms with E-state index in [9.17, 15) is 4.79 Å². The first-order chi connectivity index (χ1) is 9.15. The summed E-state index contributed by atoms with van der Waals surface area (Å²) >= 11 is 0. The number of anilines is 1. The number of aromatic nitrogens is 1. The van der Waals surface area contributed by atoms with Gasteiger partial charge in [0.1, 0.15) is 5.82 Å². The molecule has 19 heavy (non-hydrogen) atoms. The van der Waals surface area contributed by atoms with Crippen molar-refractivity contribution in [1.82, 2.24) is 10.3 Å². The second-order valence-electron chi connectivity index (χ2n) is 5.19. The van der Waals surface area contributed by atoms with E-state index < -0.39 is 0 Å². The third-order valence-corrected chi connectivity index (χ3v) is 3.50. The molecule has 1 amide bonds. The van der Waals surface area contributed by atoms with E-state index in [0.29, 0.717) is 12.5 Å². The van der Waals surface area contributed by atoms with Crippen LogP contribution < -0.4 is 16.0 Å². The topological polar surface area (TPSA) is 71.2 Å². The molecule has 0 spiro atoms. The molecule has 1 aromatic heterocycles. The van der Waals surface area contributed by atoms with Crippen LogP contribution in [0, 0.1) is 0 Å². The minimum Gasteiger partial charge on any atom is -0.370 e. The molecule has 0 bridgehead atoms. The maximum absolute atomic E-state index is 10.9. The van der Waals surface area contributed by atoms with Crippen LogP contribution in [0.5, 0.6) is 0 Å². The standard InChI is InChI=1S/C14H22N4O/c1-11(10-13(15)19)17-12-5-8-18(9-6-12)14-4-2-3-7-16-14/h2-4,7,11-12,17H,5-6,8-10H2,1H3,(H2,15,19). The van der Waals surface area contributed by atoms with Crippen LogP contribution in [-0.4, -0.2) is 36.1 Å². The Kier molecular flexibility index (Phi) is 4.74. The van der Waals surface area contributed by atoms with Gasteiger partial charge in [0.05, 0.1) is 0 Å². The molecule has 1 unspecified atom stereocenters. The summed E-state index contributed by atoms with van der Waals surface area (Å²) in [5, 5.41) is 3.47. The molecule has 5 nitrogen and oxygen atoms in total. The van der Waals surface area contributed by atoms with E-state index >= 15 is 0 Å². The van der Waals surface area contributed by atoms with E-state index in [4.69, 9.17) is 5.73 Å². The van der Waals surface area contributed by atoms with E-state index in [2.05, 4.69) is 15.2 Å². The Morgan fingerprint density at radius 1 is 1.53 bits per heavy atom. The van der Waals surface area contributed by atoms with Gasteiger partial charge in [-0.1, -0.05) is 6.07 Å². The van der Waals surface area contributed by atoms with Crippen LogP contribution in [0.4, 0.5) is 5.82 Å². The molecule has 1 saturated heterocycles. The van der Waals surface area contributed by atoms with Crippen LogP contribution in [0.3, 0.4) is 0 Å². The second-order valence-corrected chi connectivity index (χ2v) is 5.19. The Balaban J connectivity index is 1.78. The number of hydrogen-bond acceptors (Lipinski definition) is 4. The zero-order valence-corrected chi connectivity index (χ0v) is 11.4. The first-order valence-electron chi connectivity index (χ1n) is 6.85. The van der Waals surface area contributed by atoms with Gasteiger partial charge >= 0.3 is 0 Å². The van der Waals surface area contributed by atoms with Gasteiger partial charge < -0.3 is 16.0 Å². The molecule has 1 atom stereocenters. The first-order valence-corrected chi connectivity index (χ1v) is 6.85. The molecule has 2 heterocycles. The van der Waals surface area contributed by atoms with Crippen LogP contribution in [0.2, 0.25) is 0 Å². The van der Waals surface area contributed by atoms with Crippen LogP contribution in [0.25, 0.3) is 0 Å². The molecule has 3 N–H and O–H groups in total. The summed E-state index contributed by atoms with van der Waals surface area (Å²) in [5.74, 6) is 0.803. The SMILES string of the molecule is CC(CC(N)=O)NC1CCN(c2ccccn2)CC1. The predicted molar refractivity (Wildman–Crippen MR) is 75.9 cm³/mol. The highest BCUT2D eigenvalue weighted by molar-refractivity contribution is 5.74. The Morgan fingerprint density at radius 3 is 2.84 bits per heavy atom. The second kappa shape index (κ2) is 6.52. The molecular formula is C14H22N4O. The van der Waals surface area contributed by atoms with Crippen LogP contribution in [0.1, 0.15) is 26.2 Å². The molecule has 1 aromatic rings. The van der Waals surface area contributed by atoms with Gasteiger partial charge in [0.15, 0.2) is 0 Å². The fraction of sp³-hybridized carbons (Fsp3) is 0.571. The fourth-order valence-corrected chi connectivity index (χ4v) is 2.58. The Labute approximate surface area is 114 Å². The minimum absolute atomic E-state index is 0.156. The molecule has 0 aromatic carbocycles. The fourth-order valence-electron chi connectivity index (χ4n) is 2.58. The van der Waals surface area contributed by atoms with Crippen molar-refractivity contribution in [3.8, 4) is 0 Å². The van der Waals surface area contributed by atoms with Crippen LogP contribution >= 0.6 is 0 Å².